The van der Waals surface area contributed by atoms with Crippen LogP contribution in [0.1, 0.15) is 23.2 Å². The third kappa shape index (κ3) is 4.94. The van der Waals surface area contributed by atoms with Crippen LogP contribution in [0.15, 0.2) is 27.1 Å². The van der Waals surface area contributed by atoms with E-state index in [1.165, 1.54) is 7.11 Å². The summed E-state index contributed by atoms with van der Waals surface area (Å²) in [6, 6.07) is 6.18. The number of esters is 1. The van der Waals surface area contributed by atoms with E-state index >= 15 is 0 Å². The van der Waals surface area contributed by atoms with Gasteiger partial charge in [-0.2, -0.15) is 5.26 Å². The first kappa shape index (κ1) is 16.7. The van der Waals surface area contributed by atoms with Crippen molar-refractivity contribution in [2.45, 2.75) is 18.9 Å². The van der Waals surface area contributed by atoms with Crippen molar-refractivity contribution in [3.05, 3.63) is 32.7 Å². The first-order valence-electron chi connectivity index (χ1n) is 5.69. The molecule has 7 heteroatoms. The van der Waals surface area contributed by atoms with Crippen molar-refractivity contribution in [1.29, 1.82) is 5.26 Å². The average Bonchev–Trinajstić information content (AvgIpc) is 2.41. The summed E-state index contributed by atoms with van der Waals surface area (Å²) in [5.41, 5.74) is 0.400. The average molecular weight is 404 g/mol. The summed E-state index contributed by atoms with van der Waals surface area (Å²) >= 11 is 6.57. The van der Waals surface area contributed by atoms with E-state index < -0.39 is 17.9 Å². The smallest absolute Gasteiger partial charge is 0.328 e. The standard InChI is InChI=1S/C13H12Br2N2O3/c1-20-13(19)11(3-2-4-16)17-12(18)8-5-9(14)7-10(15)6-8/h5-7,11H,2-3H2,1H3,(H,17,18)/t11-/m0/s1. The van der Waals surface area contributed by atoms with Crippen molar-refractivity contribution in [1.82, 2.24) is 5.32 Å². The normalized spacial score (nSPS) is 11.3. The number of nitrogens with zero attached hydrogens (tertiary/aromatic N) is 1. The summed E-state index contributed by atoms with van der Waals surface area (Å²) in [5, 5.41) is 11.1. The van der Waals surface area contributed by atoms with Gasteiger partial charge in [0.15, 0.2) is 0 Å². The molecule has 1 aromatic rings. The third-order valence-electron chi connectivity index (χ3n) is 2.46. The molecule has 0 aliphatic carbocycles. The van der Waals surface area contributed by atoms with Gasteiger partial charge >= 0.3 is 5.97 Å². The number of hydrogen-bond donors (Lipinski definition) is 1. The van der Waals surface area contributed by atoms with Gasteiger partial charge in [0, 0.05) is 20.9 Å². The van der Waals surface area contributed by atoms with Gasteiger partial charge in [-0.15, -0.1) is 0 Å². The number of amides is 1. The van der Waals surface area contributed by atoms with E-state index in [2.05, 4.69) is 41.9 Å². The van der Waals surface area contributed by atoms with Crippen molar-refractivity contribution in [2.75, 3.05) is 7.11 Å². The van der Waals surface area contributed by atoms with Crippen LogP contribution in [0.3, 0.4) is 0 Å². The molecule has 0 aliphatic rings. The molecular weight excluding hydrogens is 392 g/mol. The first-order valence-corrected chi connectivity index (χ1v) is 7.28. The molecule has 0 saturated heterocycles. The minimum absolute atomic E-state index is 0.155. The minimum atomic E-state index is -0.829. The molecule has 1 rings (SSSR count). The van der Waals surface area contributed by atoms with Gasteiger partial charge in [-0.05, 0) is 24.6 Å². The third-order valence-corrected chi connectivity index (χ3v) is 3.38. The number of nitrogens with one attached hydrogen (secondary N) is 1. The van der Waals surface area contributed by atoms with Gasteiger partial charge in [0.25, 0.3) is 5.91 Å². The van der Waals surface area contributed by atoms with Crippen LogP contribution in [-0.2, 0) is 9.53 Å². The number of carbonyl (C=O) groups excluding carboxylic acids is 2. The number of halogens is 2. The SMILES string of the molecule is COC(=O)[C@H](CCC#N)NC(=O)c1cc(Br)cc(Br)c1. The van der Waals surface area contributed by atoms with Crippen LogP contribution >= 0.6 is 31.9 Å². The molecule has 20 heavy (non-hydrogen) atoms. The molecule has 0 saturated carbocycles. The molecule has 0 bridgehead atoms. The van der Waals surface area contributed by atoms with E-state index in [1.807, 2.05) is 6.07 Å². The fourth-order valence-corrected chi connectivity index (χ4v) is 2.82. The summed E-state index contributed by atoms with van der Waals surface area (Å²) in [6.07, 6.45) is 0.367. The molecule has 1 aromatic carbocycles. The number of rotatable bonds is 5. The second kappa shape index (κ2) is 8.02. The molecule has 1 amide bonds. The minimum Gasteiger partial charge on any atom is -0.467 e. The Morgan fingerprint density at radius 1 is 1.35 bits per heavy atom. The Labute approximate surface area is 133 Å². The van der Waals surface area contributed by atoms with Crippen LogP contribution in [0.5, 0.6) is 0 Å². The molecule has 0 radical (unpaired) electrons. The molecule has 1 N–H and O–H groups in total. The van der Waals surface area contributed by atoms with Gasteiger partial charge < -0.3 is 10.1 Å². The van der Waals surface area contributed by atoms with Crippen LogP contribution < -0.4 is 5.32 Å². The topological polar surface area (TPSA) is 79.2 Å². The summed E-state index contributed by atoms with van der Waals surface area (Å²) in [4.78, 5) is 23.7. The number of benzene rings is 1. The predicted molar refractivity (Wildman–Crippen MR) is 80.0 cm³/mol. The summed E-state index contributed by atoms with van der Waals surface area (Å²) in [7, 11) is 1.24. The lowest BCUT2D eigenvalue weighted by Crippen LogP contribution is -2.41. The molecule has 0 aromatic heterocycles. The van der Waals surface area contributed by atoms with E-state index in [0.717, 1.165) is 8.95 Å². The summed E-state index contributed by atoms with van der Waals surface area (Å²) in [5.74, 6) is -0.969. The van der Waals surface area contributed by atoms with Crippen LogP contribution in [-0.4, -0.2) is 25.0 Å². The van der Waals surface area contributed by atoms with Gasteiger partial charge in [0.1, 0.15) is 6.04 Å². The first-order chi connectivity index (χ1) is 9.47. The van der Waals surface area contributed by atoms with E-state index in [0.29, 0.717) is 5.56 Å². The molecule has 5 nitrogen and oxygen atoms in total. The lowest BCUT2D eigenvalue weighted by molar-refractivity contribution is -0.143. The Balaban J connectivity index is 2.84. The number of hydrogen-bond acceptors (Lipinski definition) is 4. The van der Waals surface area contributed by atoms with Crippen molar-refractivity contribution in [2.24, 2.45) is 0 Å². The molecular formula is C13H12Br2N2O3. The van der Waals surface area contributed by atoms with Crippen LogP contribution in [0, 0.1) is 11.3 Å². The second-order valence-corrected chi connectivity index (χ2v) is 5.74. The molecule has 0 aliphatic heterocycles. The maximum atomic E-state index is 12.1. The van der Waals surface area contributed by atoms with Crippen LogP contribution in [0.25, 0.3) is 0 Å². The number of nitriles is 1. The van der Waals surface area contributed by atoms with Gasteiger partial charge in [0.05, 0.1) is 13.2 Å². The van der Waals surface area contributed by atoms with E-state index in [1.54, 1.807) is 18.2 Å². The summed E-state index contributed by atoms with van der Waals surface area (Å²) in [6.45, 7) is 0. The highest BCUT2D eigenvalue weighted by Gasteiger charge is 2.22. The monoisotopic (exact) mass is 402 g/mol. The molecule has 0 fully saturated rings. The Morgan fingerprint density at radius 2 is 1.95 bits per heavy atom. The molecule has 0 unspecified atom stereocenters. The van der Waals surface area contributed by atoms with Gasteiger partial charge in [-0.25, -0.2) is 4.79 Å². The Hall–Kier alpha value is -1.39. The van der Waals surface area contributed by atoms with E-state index in [-0.39, 0.29) is 12.8 Å². The van der Waals surface area contributed by atoms with E-state index in [9.17, 15) is 9.59 Å². The summed E-state index contributed by atoms with van der Waals surface area (Å²) < 4.78 is 6.09. The fraction of sp³-hybridized carbons (Fsp3) is 0.308. The van der Waals surface area contributed by atoms with Gasteiger partial charge in [-0.1, -0.05) is 31.9 Å². The van der Waals surface area contributed by atoms with Gasteiger partial charge in [-0.3, -0.25) is 4.79 Å². The molecule has 1 atom stereocenters. The van der Waals surface area contributed by atoms with Gasteiger partial charge in [0.2, 0.25) is 0 Å². The number of methoxy groups -OCH3 is 1. The Kier molecular flexibility index (Phi) is 6.68. The zero-order chi connectivity index (χ0) is 15.1. The highest BCUT2D eigenvalue weighted by molar-refractivity contribution is 9.11. The van der Waals surface area contributed by atoms with Crippen molar-refractivity contribution in [3.8, 4) is 6.07 Å². The number of carbonyl (C=O) groups is 2. The highest BCUT2D eigenvalue weighted by Crippen LogP contribution is 2.20. The Morgan fingerprint density at radius 3 is 2.45 bits per heavy atom. The van der Waals surface area contributed by atoms with Crippen LogP contribution in [0.4, 0.5) is 0 Å². The van der Waals surface area contributed by atoms with Crippen LogP contribution in [0.2, 0.25) is 0 Å². The fourth-order valence-electron chi connectivity index (χ4n) is 1.53. The van der Waals surface area contributed by atoms with Crippen molar-refractivity contribution >= 4 is 43.7 Å². The highest BCUT2D eigenvalue weighted by atomic mass is 79.9. The lowest BCUT2D eigenvalue weighted by Gasteiger charge is -2.15. The van der Waals surface area contributed by atoms with E-state index in [4.69, 9.17) is 5.26 Å². The largest absolute Gasteiger partial charge is 0.467 e. The molecule has 0 heterocycles. The maximum absolute atomic E-state index is 12.1. The molecule has 106 valence electrons. The lowest BCUT2D eigenvalue weighted by atomic mass is 10.1. The van der Waals surface area contributed by atoms with Crippen molar-refractivity contribution in [3.63, 3.8) is 0 Å². The quantitative estimate of drug-likeness (QED) is 0.766. The Bertz CT molecular complexity index is 535. The molecule has 0 spiro atoms. The predicted octanol–water partition coefficient (Wildman–Crippen LogP) is 2.79. The zero-order valence-electron chi connectivity index (χ0n) is 10.7. The zero-order valence-corrected chi connectivity index (χ0v) is 13.8. The number of ether oxygens (including phenoxy) is 1. The maximum Gasteiger partial charge on any atom is 0.328 e. The van der Waals surface area contributed by atoms with Crippen molar-refractivity contribution < 1.29 is 14.3 Å². The second-order valence-electron chi connectivity index (χ2n) is 3.90.